The van der Waals surface area contributed by atoms with Crippen LogP contribution in [0.4, 0.5) is 16.2 Å². The molecule has 0 aliphatic rings. The molecular weight excluding hydrogens is 264 g/mol. The zero-order valence-electron chi connectivity index (χ0n) is 13.9. The van der Waals surface area contributed by atoms with E-state index in [1.165, 1.54) is 5.69 Å². The minimum absolute atomic E-state index is 0.422. The van der Waals surface area contributed by atoms with E-state index in [0.717, 1.165) is 31.6 Å². The third-order valence-corrected chi connectivity index (χ3v) is 2.86. The number of rotatable bonds is 6. The number of carbonyl (C=O) groups is 1. The summed E-state index contributed by atoms with van der Waals surface area (Å²) in [7, 11) is 0. The lowest BCUT2D eigenvalue weighted by molar-refractivity contribution is 0.0636. The Bertz CT molecular complexity index is 429. The summed E-state index contributed by atoms with van der Waals surface area (Å²) in [5.41, 5.74) is 1.46. The Morgan fingerprint density at radius 2 is 1.62 bits per heavy atom. The van der Waals surface area contributed by atoms with E-state index in [9.17, 15) is 4.79 Å². The van der Waals surface area contributed by atoms with Gasteiger partial charge in [-0.15, -0.1) is 0 Å². The van der Waals surface area contributed by atoms with Gasteiger partial charge in [0.25, 0.3) is 0 Å². The Morgan fingerprint density at radius 3 is 2.05 bits per heavy atom. The van der Waals surface area contributed by atoms with Crippen LogP contribution in [-0.4, -0.2) is 24.8 Å². The van der Waals surface area contributed by atoms with E-state index in [2.05, 4.69) is 24.1 Å². The molecule has 0 atom stereocenters. The van der Waals surface area contributed by atoms with E-state index in [1.54, 1.807) is 0 Å². The third-order valence-electron chi connectivity index (χ3n) is 2.86. The van der Waals surface area contributed by atoms with Crippen molar-refractivity contribution in [1.82, 2.24) is 0 Å². The van der Waals surface area contributed by atoms with E-state index in [0.29, 0.717) is 0 Å². The SMILES string of the molecule is CCCN(CCC)c1ccc(NC(=O)OC(C)(C)C)cc1. The van der Waals surface area contributed by atoms with Gasteiger partial charge in [-0.1, -0.05) is 13.8 Å². The number of carbonyl (C=O) groups excluding carboxylic acids is 1. The van der Waals surface area contributed by atoms with Crippen molar-refractivity contribution in [2.75, 3.05) is 23.3 Å². The fraction of sp³-hybridized carbons (Fsp3) is 0.588. The second kappa shape index (κ2) is 7.91. The van der Waals surface area contributed by atoms with Gasteiger partial charge < -0.3 is 9.64 Å². The van der Waals surface area contributed by atoms with Gasteiger partial charge in [-0.25, -0.2) is 4.79 Å². The van der Waals surface area contributed by atoms with E-state index in [-0.39, 0.29) is 0 Å². The number of hydrogen-bond acceptors (Lipinski definition) is 3. The molecule has 0 fully saturated rings. The van der Waals surface area contributed by atoms with Crippen molar-refractivity contribution in [2.24, 2.45) is 0 Å². The molecule has 4 nitrogen and oxygen atoms in total. The molecule has 0 bridgehead atoms. The van der Waals surface area contributed by atoms with Crippen LogP contribution in [0.2, 0.25) is 0 Å². The second-order valence-electron chi connectivity index (χ2n) is 6.16. The number of nitrogens with zero attached hydrogens (tertiary/aromatic N) is 1. The Hall–Kier alpha value is -1.71. The zero-order chi connectivity index (χ0) is 15.9. The van der Waals surface area contributed by atoms with Crippen molar-refractivity contribution in [3.8, 4) is 0 Å². The summed E-state index contributed by atoms with van der Waals surface area (Å²) < 4.78 is 5.24. The molecule has 4 heteroatoms. The number of hydrogen-bond donors (Lipinski definition) is 1. The van der Waals surface area contributed by atoms with Crippen LogP contribution in [0.15, 0.2) is 24.3 Å². The summed E-state index contributed by atoms with van der Waals surface area (Å²) >= 11 is 0. The number of amides is 1. The van der Waals surface area contributed by atoms with Gasteiger partial charge in [0.2, 0.25) is 0 Å². The molecule has 21 heavy (non-hydrogen) atoms. The van der Waals surface area contributed by atoms with Crippen molar-refractivity contribution in [1.29, 1.82) is 0 Å². The molecule has 0 saturated heterocycles. The minimum atomic E-state index is -0.483. The number of anilines is 2. The third kappa shape index (κ3) is 6.52. The molecule has 0 heterocycles. The molecule has 0 aromatic heterocycles. The molecule has 0 spiro atoms. The molecule has 1 aromatic carbocycles. The predicted molar refractivity (Wildman–Crippen MR) is 89.1 cm³/mol. The summed E-state index contributed by atoms with van der Waals surface area (Å²) in [5, 5.41) is 2.75. The Balaban J connectivity index is 2.66. The maximum absolute atomic E-state index is 11.7. The zero-order valence-corrected chi connectivity index (χ0v) is 13.9. The second-order valence-corrected chi connectivity index (χ2v) is 6.16. The van der Waals surface area contributed by atoms with Gasteiger partial charge in [-0.05, 0) is 57.9 Å². The highest BCUT2D eigenvalue weighted by atomic mass is 16.6. The first-order chi connectivity index (χ1) is 9.85. The first-order valence-corrected chi connectivity index (χ1v) is 7.70. The quantitative estimate of drug-likeness (QED) is 0.829. The fourth-order valence-corrected chi connectivity index (χ4v) is 2.09. The summed E-state index contributed by atoms with van der Waals surface area (Å²) in [6, 6.07) is 7.91. The average Bonchev–Trinajstić information content (AvgIpc) is 2.37. The molecule has 1 N–H and O–H groups in total. The predicted octanol–water partition coefficient (Wildman–Crippen LogP) is 4.66. The summed E-state index contributed by atoms with van der Waals surface area (Å²) in [6.45, 7) is 12.0. The Morgan fingerprint density at radius 1 is 1.10 bits per heavy atom. The van der Waals surface area contributed by atoms with Crippen LogP contribution >= 0.6 is 0 Å². The van der Waals surface area contributed by atoms with Gasteiger partial charge in [-0.3, -0.25) is 5.32 Å². The van der Waals surface area contributed by atoms with Crippen LogP contribution in [0.5, 0.6) is 0 Å². The lowest BCUT2D eigenvalue weighted by Gasteiger charge is -2.24. The van der Waals surface area contributed by atoms with Gasteiger partial charge in [-0.2, -0.15) is 0 Å². The van der Waals surface area contributed by atoms with Gasteiger partial charge in [0.15, 0.2) is 0 Å². The Labute approximate surface area is 128 Å². The standard InChI is InChI=1S/C17H28N2O2/c1-6-12-19(13-7-2)15-10-8-14(9-11-15)18-16(20)21-17(3,4)5/h8-11H,6-7,12-13H2,1-5H3,(H,18,20). The largest absolute Gasteiger partial charge is 0.444 e. The van der Waals surface area contributed by atoms with Crippen LogP contribution in [0.1, 0.15) is 47.5 Å². The summed E-state index contributed by atoms with van der Waals surface area (Å²) in [4.78, 5) is 14.1. The molecule has 0 radical (unpaired) electrons. The summed E-state index contributed by atoms with van der Waals surface area (Å²) in [6.07, 6.45) is 1.82. The van der Waals surface area contributed by atoms with Gasteiger partial charge in [0.05, 0.1) is 0 Å². The van der Waals surface area contributed by atoms with Crippen molar-refractivity contribution in [2.45, 2.75) is 53.1 Å². The van der Waals surface area contributed by atoms with Crippen molar-refractivity contribution >= 4 is 17.5 Å². The number of ether oxygens (including phenoxy) is 1. The normalized spacial score (nSPS) is 11.1. The van der Waals surface area contributed by atoms with E-state index >= 15 is 0 Å². The highest BCUT2D eigenvalue weighted by Crippen LogP contribution is 2.19. The van der Waals surface area contributed by atoms with Crippen LogP contribution in [-0.2, 0) is 4.74 Å². The van der Waals surface area contributed by atoms with Crippen LogP contribution in [0.3, 0.4) is 0 Å². The van der Waals surface area contributed by atoms with Gasteiger partial charge in [0, 0.05) is 24.5 Å². The maximum atomic E-state index is 11.7. The average molecular weight is 292 g/mol. The topological polar surface area (TPSA) is 41.6 Å². The van der Waals surface area contributed by atoms with Crippen molar-refractivity contribution in [3.63, 3.8) is 0 Å². The van der Waals surface area contributed by atoms with Gasteiger partial charge >= 0.3 is 6.09 Å². The molecule has 0 aliphatic heterocycles. The van der Waals surface area contributed by atoms with Crippen LogP contribution in [0, 0.1) is 0 Å². The number of benzene rings is 1. The molecule has 0 unspecified atom stereocenters. The first-order valence-electron chi connectivity index (χ1n) is 7.70. The Kier molecular flexibility index (Phi) is 6.53. The van der Waals surface area contributed by atoms with Crippen LogP contribution in [0.25, 0.3) is 0 Å². The maximum Gasteiger partial charge on any atom is 0.412 e. The van der Waals surface area contributed by atoms with Crippen molar-refractivity contribution in [3.05, 3.63) is 24.3 Å². The molecule has 0 saturated carbocycles. The molecule has 1 amide bonds. The lowest BCUT2D eigenvalue weighted by atomic mass is 10.2. The van der Waals surface area contributed by atoms with E-state index in [4.69, 9.17) is 4.74 Å². The molecule has 0 aliphatic carbocycles. The molecule has 1 rings (SSSR count). The van der Waals surface area contributed by atoms with E-state index < -0.39 is 11.7 Å². The highest BCUT2D eigenvalue weighted by Gasteiger charge is 2.16. The minimum Gasteiger partial charge on any atom is -0.444 e. The first kappa shape index (κ1) is 17.3. The lowest BCUT2D eigenvalue weighted by Crippen LogP contribution is -2.27. The monoisotopic (exact) mass is 292 g/mol. The molecular formula is C17H28N2O2. The van der Waals surface area contributed by atoms with Gasteiger partial charge in [0.1, 0.15) is 5.60 Å². The highest BCUT2D eigenvalue weighted by molar-refractivity contribution is 5.85. The molecule has 1 aromatic rings. The van der Waals surface area contributed by atoms with E-state index in [1.807, 2.05) is 45.0 Å². The van der Waals surface area contributed by atoms with Crippen LogP contribution < -0.4 is 10.2 Å². The summed E-state index contributed by atoms with van der Waals surface area (Å²) in [5.74, 6) is 0. The molecule has 118 valence electrons. The number of nitrogens with one attached hydrogen (secondary N) is 1. The fourth-order valence-electron chi connectivity index (χ4n) is 2.09. The smallest absolute Gasteiger partial charge is 0.412 e. The van der Waals surface area contributed by atoms with Crippen molar-refractivity contribution < 1.29 is 9.53 Å².